The van der Waals surface area contributed by atoms with E-state index in [0.29, 0.717) is 0 Å². The number of thiazole rings is 1. The third kappa shape index (κ3) is 3.66. The van der Waals surface area contributed by atoms with E-state index in [2.05, 4.69) is 43.5 Å². The molecule has 0 unspecified atom stereocenters. The van der Waals surface area contributed by atoms with Crippen molar-refractivity contribution in [2.45, 2.75) is 0 Å². The lowest BCUT2D eigenvalue weighted by Gasteiger charge is -2.04. The van der Waals surface area contributed by atoms with Gasteiger partial charge in [-0.1, -0.05) is 40.2 Å². The smallest absolute Gasteiger partial charge is 0.205 e. The van der Waals surface area contributed by atoms with Crippen molar-refractivity contribution in [3.8, 4) is 17.0 Å². The van der Waals surface area contributed by atoms with E-state index in [1.807, 2.05) is 47.3 Å². The minimum absolute atomic E-state index is 0.807. The lowest BCUT2D eigenvalue weighted by atomic mass is 10.2. The van der Waals surface area contributed by atoms with Crippen molar-refractivity contribution in [1.82, 2.24) is 4.68 Å². The van der Waals surface area contributed by atoms with Gasteiger partial charge in [0.25, 0.3) is 0 Å². The highest BCUT2D eigenvalue weighted by Crippen LogP contribution is 2.23. The first-order valence-corrected chi connectivity index (χ1v) is 8.96. The molecule has 3 rings (SSSR count). The number of hydrogen-bond donors (Lipinski definition) is 0. The molecular weight excluding hydrogens is 386 g/mol. The van der Waals surface area contributed by atoms with Crippen molar-refractivity contribution in [3.63, 3.8) is 0 Å². The number of halogens is 1. The normalized spacial score (nSPS) is 12.0. The lowest BCUT2D eigenvalue weighted by Crippen LogP contribution is -2.11. The van der Waals surface area contributed by atoms with Crippen LogP contribution in [0.4, 0.5) is 0 Å². The maximum absolute atomic E-state index is 5.25. The van der Waals surface area contributed by atoms with Gasteiger partial charge in [-0.05, 0) is 29.8 Å². The van der Waals surface area contributed by atoms with E-state index < -0.39 is 0 Å². The number of rotatable bonds is 4. The molecule has 0 aliphatic rings. The van der Waals surface area contributed by atoms with E-state index in [9.17, 15) is 0 Å². The van der Waals surface area contributed by atoms with E-state index in [1.165, 1.54) is 0 Å². The molecule has 2 aromatic carbocycles. The Labute approximate surface area is 152 Å². The van der Waals surface area contributed by atoms with Crippen LogP contribution in [0.1, 0.15) is 5.56 Å². The largest absolute Gasteiger partial charge is 0.497 e. The predicted molar refractivity (Wildman–Crippen MR) is 103 cm³/mol. The molecule has 0 aliphatic heterocycles. The number of methoxy groups -OCH3 is 1. The molecule has 0 amide bonds. The average Bonchev–Trinajstić information content (AvgIpc) is 3.03. The molecule has 0 spiro atoms. The number of hydrogen-bond acceptors (Lipinski definition) is 4. The first-order valence-electron chi connectivity index (χ1n) is 7.29. The number of ether oxygens (including phenoxy) is 1. The monoisotopic (exact) mass is 401 g/mol. The van der Waals surface area contributed by atoms with Crippen LogP contribution < -0.4 is 9.54 Å². The van der Waals surface area contributed by atoms with Gasteiger partial charge >= 0.3 is 0 Å². The van der Waals surface area contributed by atoms with Crippen LogP contribution in [0, 0.1) is 0 Å². The Balaban J connectivity index is 2.04. The fourth-order valence-corrected chi connectivity index (χ4v) is 3.46. The van der Waals surface area contributed by atoms with Crippen molar-refractivity contribution >= 4 is 33.5 Å². The summed E-state index contributed by atoms with van der Waals surface area (Å²) in [7, 11) is 3.43. The molecule has 122 valence electrons. The first-order chi connectivity index (χ1) is 11.7. The van der Waals surface area contributed by atoms with Crippen molar-refractivity contribution in [1.29, 1.82) is 0 Å². The van der Waals surface area contributed by atoms with Gasteiger partial charge in [0.2, 0.25) is 4.80 Å². The molecule has 0 N–H and O–H groups in total. The number of aromatic nitrogens is 1. The van der Waals surface area contributed by atoms with Crippen LogP contribution in [0.3, 0.4) is 0 Å². The Kier molecular flexibility index (Phi) is 5.27. The Morgan fingerprint density at radius 3 is 2.75 bits per heavy atom. The highest BCUT2D eigenvalue weighted by atomic mass is 79.9. The van der Waals surface area contributed by atoms with E-state index in [0.717, 1.165) is 31.8 Å². The van der Waals surface area contributed by atoms with Crippen molar-refractivity contribution in [2.24, 2.45) is 10.1 Å². The Morgan fingerprint density at radius 2 is 2.00 bits per heavy atom. The SMILES string of the molecule is CN=c1scc(-c2cccc(Br)c2)n1/N=C\c1cccc(OC)c1. The molecule has 0 saturated heterocycles. The van der Waals surface area contributed by atoms with Gasteiger partial charge in [-0.2, -0.15) is 5.10 Å². The molecule has 0 saturated carbocycles. The highest BCUT2D eigenvalue weighted by molar-refractivity contribution is 9.10. The molecule has 1 heterocycles. The van der Waals surface area contributed by atoms with E-state index in [1.54, 1.807) is 25.5 Å². The molecule has 0 atom stereocenters. The molecule has 3 aromatic rings. The van der Waals surface area contributed by atoms with Gasteiger partial charge in [0.1, 0.15) is 5.75 Å². The minimum atomic E-state index is 0.807. The Bertz CT molecular complexity index is 943. The van der Waals surface area contributed by atoms with Crippen LogP contribution in [0.5, 0.6) is 5.75 Å². The maximum atomic E-state index is 5.25. The first kappa shape index (κ1) is 16.7. The summed E-state index contributed by atoms with van der Waals surface area (Å²) >= 11 is 5.08. The molecule has 0 aliphatic carbocycles. The van der Waals surface area contributed by atoms with Crippen molar-refractivity contribution < 1.29 is 4.74 Å². The summed E-state index contributed by atoms with van der Waals surface area (Å²) in [5.74, 6) is 0.807. The Morgan fingerprint density at radius 1 is 1.17 bits per heavy atom. The summed E-state index contributed by atoms with van der Waals surface area (Å²) in [6, 6.07) is 15.9. The van der Waals surface area contributed by atoms with E-state index >= 15 is 0 Å². The maximum Gasteiger partial charge on any atom is 0.205 e. The van der Waals surface area contributed by atoms with Gasteiger partial charge in [-0.3, -0.25) is 4.99 Å². The van der Waals surface area contributed by atoms with Crippen LogP contribution in [-0.2, 0) is 0 Å². The molecule has 0 radical (unpaired) electrons. The summed E-state index contributed by atoms with van der Waals surface area (Å²) in [6.45, 7) is 0. The van der Waals surface area contributed by atoms with Gasteiger partial charge in [-0.15, -0.1) is 11.3 Å². The zero-order chi connectivity index (χ0) is 16.9. The Hall–Kier alpha value is -2.18. The van der Waals surface area contributed by atoms with E-state index in [4.69, 9.17) is 4.74 Å². The lowest BCUT2D eigenvalue weighted by molar-refractivity contribution is 0.415. The van der Waals surface area contributed by atoms with Crippen LogP contribution in [-0.4, -0.2) is 25.0 Å². The van der Waals surface area contributed by atoms with Crippen LogP contribution >= 0.6 is 27.3 Å². The van der Waals surface area contributed by atoms with E-state index in [-0.39, 0.29) is 0 Å². The summed E-state index contributed by atoms with van der Waals surface area (Å²) in [5, 5.41) is 6.69. The summed E-state index contributed by atoms with van der Waals surface area (Å²) in [4.78, 5) is 5.15. The van der Waals surface area contributed by atoms with Gasteiger partial charge in [0.15, 0.2) is 0 Å². The molecule has 1 aromatic heterocycles. The molecule has 0 bridgehead atoms. The van der Waals surface area contributed by atoms with Crippen molar-refractivity contribution in [3.05, 3.63) is 68.7 Å². The minimum Gasteiger partial charge on any atom is -0.497 e. The highest BCUT2D eigenvalue weighted by Gasteiger charge is 2.07. The third-order valence-corrected chi connectivity index (χ3v) is 4.81. The zero-order valence-electron chi connectivity index (χ0n) is 13.3. The summed E-state index contributed by atoms with van der Waals surface area (Å²) in [5.41, 5.74) is 3.05. The second-order valence-corrected chi connectivity index (χ2v) is 6.72. The fraction of sp³-hybridized carbons (Fsp3) is 0.111. The predicted octanol–water partition coefficient (Wildman–Crippen LogP) is 4.40. The van der Waals surface area contributed by atoms with Crippen LogP contribution in [0.15, 0.2) is 68.5 Å². The topological polar surface area (TPSA) is 38.9 Å². The fourth-order valence-electron chi connectivity index (χ4n) is 2.25. The van der Waals surface area contributed by atoms with Crippen LogP contribution in [0.25, 0.3) is 11.3 Å². The third-order valence-electron chi connectivity index (χ3n) is 3.41. The standard InChI is InChI=1S/C18H16BrN3OS/c1-20-18-22(21-11-13-5-3-8-16(9-13)23-2)17(12-24-18)14-6-4-7-15(19)10-14/h3-12H,1-2H3/b20-18?,21-11-. The van der Waals surface area contributed by atoms with Crippen molar-refractivity contribution in [2.75, 3.05) is 14.2 Å². The number of nitrogens with zero attached hydrogens (tertiary/aromatic N) is 3. The molecule has 6 heteroatoms. The van der Waals surface area contributed by atoms with Gasteiger partial charge in [0, 0.05) is 22.5 Å². The number of benzene rings is 2. The molecule has 24 heavy (non-hydrogen) atoms. The van der Waals surface area contributed by atoms with Gasteiger partial charge in [-0.25, -0.2) is 4.68 Å². The van der Waals surface area contributed by atoms with Gasteiger partial charge < -0.3 is 4.74 Å². The molecule has 4 nitrogen and oxygen atoms in total. The second kappa shape index (κ2) is 7.59. The average molecular weight is 402 g/mol. The molecular formula is C18H16BrN3OS. The quantitative estimate of drug-likeness (QED) is 0.597. The zero-order valence-corrected chi connectivity index (χ0v) is 15.7. The van der Waals surface area contributed by atoms with Gasteiger partial charge in [0.05, 0.1) is 19.0 Å². The summed E-state index contributed by atoms with van der Waals surface area (Å²) in [6.07, 6.45) is 1.81. The summed E-state index contributed by atoms with van der Waals surface area (Å²) < 4.78 is 8.14. The van der Waals surface area contributed by atoms with Crippen LogP contribution in [0.2, 0.25) is 0 Å². The second-order valence-electron chi connectivity index (χ2n) is 4.97. The molecule has 0 fully saturated rings.